The lowest BCUT2D eigenvalue weighted by molar-refractivity contribution is 0.0755. The van der Waals surface area contributed by atoms with Gasteiger partial charge in [0.05, 0.1) is 24.2 Å². The largest absolute Gasteiger partial charge is 0.467 e. The summed E-state index contributed by atoms with van der Waals surface area (Å²) in [5, 5.41) is 0. The van der Waals surface area contributed by atoms with Crippen LogP contribution in [0.1, 0.15) is 21.7 Å². The standard InChI is InChI=1S/C22H20N2O4S/c1-3-13-24(16-20-7-5-14-28-20)22(25)18-6-4-8-21(15-18)29(26,27)23-19-11-9-17(2)10-12-19/h1,4-12,14-15,23H,13,16H2,2H3. The summed E-state index contributed by atoms with van der Waals surface area (Å²) < 4.78 is 33.3. The Balaban J connectivity index is 1.84. The molecule has 1 heterocycles. The molecule has 0 atom stereocenters. The van der Waals surface area contributed by atoms with Crippen LogP contribution < -0.4 is 4.72 Å². The predicted molar refractivity (Wildman–Crippen MR) is 111 cm³/mol. The van der Waals surface area contributed by atoms with Crippen LogP contribution in [0.15, 0.2) is 76.2 Å². The van der Waals surface area contributed by atoms with Gasteiger partial charge in [0.2, 0.25) is 0 Å². The molecular formula is C22H20N2O4S. The molecule has 1 N–H and O–H groups in total. The van der Waals surface area contributed by atoms with E-state index in [1.807, 2.05) is 19.1 Å². The summed E-state index contributed by atoms with van der Waals surface area (Å²) in [5.74, 6) is 2.64. The summed E-state index contributed by atoms with van der Waals surface area (Å²) in [6.45, 7) is 2.17. The molecular weight excluding hydrogens is 388 g/mol. The lowest BCUT2D eigenvalue weighted by atomic mass is 10.2. The zero-order valence-corrected chi connectivity index (χ0v) is 16.6. The first kappa shape index (κ1) is 20.2. The molecule has 2 aromatic carbocycles. The molecule has 0 fully saturated rings. The third kappa shape index (κ3) is 5.06. The van der Waals surface area contributed by atoms with Gasteiger partial charge >= 0.3 is 0 Å². The highest BCUT2D eigenvalue weighted by atomic mass is 32.2. The number of carbonyl (C=O) groups is 1. The topological polar surface area (TPSA) is 79.6 Å². The number of sulfonamides is 1. The molecule has 3 aromatic rings. The number of nitrogens with one attached hydrogen (secondary N) is 1. The molecule has 0 unspecified atom stereocenters. The molecule has 1 amide bonds. The van der Waals surface area contributed by atoms with Gasteiger partial charge in [-0.15, -0.1) is 6.42 Å². The number of carbonyl (C=O) groups excluding carboxylic acids is 1. The lowest BCUT2D eigenvalue weighted by Crippen LogP contribution is -2.31. The minimum Gasteiger partial charge on any atom is -0.467 e. The number of furan rings is 1. The van der Waals surface area contributed by atoms with Gasteiger partial charge < -0.3 is 9.32 Å². The number of hydrogen-bond acceptors (Lipinski definition) is 4. The first-order valence-electron chi connectivity index (χ1n) is 8.84. The second kappa shape index (κ2) is 8.67. The second-order valence-corrected chi connectivity index (χ2v) is 8.13. The molecule has 0 saturated carbocycles. The summed E-state index contributed by atoms with van der Waals surface area (Å²) >= 11 is 0. The minimum absolute atomic E-state index is 0.0115. The number of hydrogen-bond donors (Lipinski definition) is 1. The van der Waals surface area contributed by atoms with E-state index in [4.69, 9.17) is 10.8 Å². The van der Waals surface area contributed by atoms with Gasteiger partial charge in [0.25, 0.3) is 15.9 Å². The maximum Gasteiger partial charge on any atom is 0.261 e. The van der Waals surface area contributed by atoms with E-state index in [1.54, 1.807) is 30.3 Å². The number of benzene rings is 2. The third-order valence-electron chi connectivity index (χ3n) is 4.19. The maximum atomic E-state index is 12.9. The Morgan fingerprint density at radius 1 is 1.14 bits per heavy atom. The van der Waals surface area contributed by atoms with E-state index in [9.17, 15) is 13.2 Å². The quantitative estimate of drug-likeness (QED) is 0.605. The lowest BCUT2D eigenvalue weighted by Gasteiger charge is -2.19. The summed E-state index contributed by atoms with van der Waals surface area (Å²) in [6, 6.07) is 16.3. The van der Waals surface area contributed by atoms with Crippen LogP contribution in [0.2, 0.25) is 0 Å². The number of amides is 1. The SMILES string of the molecule is C#CCN(Cc1ccco1)C(=O)c1cccc(S(=O)(=O)Nc2ccc(C)cc2)c1. The van der Waals surface area contributed by atoms with Crippen molar-refractivity contribution < 1.29 is 17.6 Å². The van der Waals surface area contributed by atoms with Crippen molar-refractivity contribution in [1.82, 2.24) is 4.90 Å². The summed E-state index contributed by atoms with van der Waals surface area (Å²) in [5.41, 5.74) is 1.68. The first-order chi connectivity index (χ1) is 13.9. The zero-order valence-electron chi connectivity index (χ0n) is 15.8. The van der Waals surface area contributed by atoms with Crippen molar-refractivity contribution in [3.05, 3.63) is 83.8 Å². The van der Waals surface area contributed by atoms with E-state index < -0.39 is 10.0 Å². The molecule has 7 heteroatoms. The molecule has 6 nitrogen and oxygen atoms in total. The molecule has 0 bridgehead atoms. The second-order valence-electron chi connectivity index (χ2n) is 6.44. The van der Waals surface area contributed by atoms with Crippen molar-refractivity contribution in [2.75, 3.05) is 11.3 Å². The van der Waals surface area contributed by atoms with Crippen molar-refractivity contribution in [2.45, 2.75) is 18.4 Å². The fourth-order valence-electron chi connectivity index (χ4n) is 2.71. The van der Waals surface area contributed by atoms with E-state index in [-0.39, 0.29) is 29.5 Å². The molecule has 1 aromatic heterocycles. The molecule has 0 spiro atoms. The number of aryl methyl sites for hydroxylation is 1. The highest BCUT2D eigenvalue weighted by molar-refractivity contribution is 7.92. The van der Waals surface area contributed by atoms with E-state index in [2.05, 4.69) is 10.6 Å². The monoisotopic (exact) mass is 408 g/mol. The van der Waals surface area contributed by atoms with Crippen molar-refractivity contribution >= 4 is 21.6 Å². The van der Waals surface area contributed by atoms with E-state index in [0.717, 1.165) is 5.56 Å². The molecule has 0 aliphatic heterocycles. The molecule has 0 aliphatic rings. The number of terminal acetylenes is 1. The molecule has 0 radical (unpaired) electrons. The average molecular weight is 408 g/mol. The van der Waals surface area contributed by atoms with Gasteiger partial charge in [-0.3, -0.25) is 9.52 Å². The van der Waals surface area contributed by atoms with Gasteiger partial charge in [-0.1, -0.05) is 29.7 Å². The van der Waals surface area contributed by atoms with Crippen LogP contribution in [0, 0.1) is 19.3 Å². The van der Waals surface area contributed by atoms with Crippen LogP contribution in [0.4, 0.5) is 5.69 Å². The van der Waals surface area contributed by atoms with Gasteiger partial charge in [-0.05, 0) is 49.4 Å². The Morgan fingerprint density at radius 3 is 2.55 bits per heavy atom. The first-order valence-corrected chi connectivity index (χ1v) is 10.3. The van der Waals surface area contributed by atoms with Crippen LogP contribution >= 0.6 is 0 Å². The summed E-state index contributed by atoms with van der Waals surface area (Å²) in [7, 11) is -3.85. The van der Waals surface area contributed by atoms with Crippen LogP contribution in [-0.2, 0) is 16.6 Å². The van der Waals surface area contributed by atoms with Crippen molar-refractivity contribution in [1.29, 1.82) is 0 Å². The molecule has 3 rings (SSSR count). The number of anilines is 1. The Kier molecular flexibility index (Phi) is 6.05. The van der Waals surface area contributed by atoms with Gasteiger partial charge in [0.1, 0.15) is 5.76 Å². The molecule has 0 aliphatic carbocycles. The molecule has 29 heavy (non-hydrogen) atoms. The normalized spacial score (nSPS) is 10.9. The molecule has 148 valence electrons. The van der Waals surface area contributed by atoms with E-state index in [1.165, 1.54) is 29.4 Å². The fourth-order valence-corrected chi connectivity index (χ4v) is 3.82. The average Bonchev–Trinajstić information content (AvgIpc) is 3.22. The number of nitrogens with zero attached hydrogens (tertiary/aromatic N) is 1. The van der Waals surface area contributed by atoms with E-state index in [0.29, 0.717) is 11.4 Å². The highest BCUT2D eigenvalue weighted by Gasteiger charge is 2.20. The maximum absolute atomic E-state index is 12.9. The van der Waals surface area contributed by atoms with Crippen molar-refractivity contribution in [3.63, 3.8) is 0 Å². The van der Waals surface area contributed by atoms with Crippen molar-refractivity contribution in [2.24, 2.45) is 0 Å². The zero-order chi connectivity index (χ0) is 20.9. The summed E-state index contributed by atoms with van der Waals surface area (Å²) in [6.07, 6.45) is 6.90. The van der Waals surface area contributed by atoms with Crippen LogP contribution in [-0.4, -0.2) is 25.8 Å². The smallest absolute Gasteiger partial charge is 0.261 e. The summed E-state index contributed by atoms with van der Waals surface area (Å²) in [4.78, 5) is 14.3. The van der Waals surface area contributed by atoms with Crippen LogP contribution in [0.5, 0.6) is 0 Å². The van der Waals surface area contributed by atoms with Crippen molar-refractivity contribution in [3.8, 4) is 12.3 Å². The Morgan fingerprint density at radius 2 is 1.90 bits per heavy atom. The van der Waals surface area contributed by atoms with Gasteiger partial charge in [-0.25, -0.2) is 8.42 Å². The highest BCUT2D eigenvalue weighted by Crippen LogP contribution is 2.19. The van der Waals surface area contributed by atoms with Gasteiger partial charge in [0.15, 0.2) is 0 Å². The Bertz CT molecular complexity index is 1130. The van der Waals surface area contributed by atoms with Gasteiger partial charge in [0, 0.05) is 11.3 Å². The van der Waals surface area contributed by atoms with Gasteiger partial charge in [-0.2, -0.15) is 0 Å². The Labute approximate surface area is 170 Å². The fraction of sp³-hybridized carbons (Fsp3) is 0.136. The minimum atomic E-state index is -3.85. The molecule has 0 saturated heterocycles. The Hall–Kier alpha value is -3.50. The van der Waals surface area contributed by atoms with Crippen LogP contribution in [0.25, 0.3) is 0 Å². The number of rotatable bonds is 7. The van der Waals surface area contributed by atoms with Crippen LogP contribution in [0.3, 0.4) is 0 Å². The predicted octanol–water partition coefficient (Wildman–Crippen LogP) is 3.66. The third-order valence-corrected chi connectivity index (χ3v) is 5.57. The van der Waals surface area contributed by atoms with E-state index >= 15 is 0 Å².